The fraction of sp³-hybridized carbons (Fsp3) is 0.375. The van der Waals surface area contributed by atoms with Crippen molar-refractivity contribution in [1.29, 1.82) is 0 Å². The molecule has 0 N–H and O–H groups in total. The number of anilines is 2. The van der Waals surface area contributed by atoms with Gasteiger partial charge in [-0.2, -0.15) is 10.2 Å². The molecular formula is C24H25F2N7. The second kappa shape index (κ2) is 7.83. The molecule has 2 saturated heterocycles. The third-order valence-electron chi connectivity index (χ3n) is 6.80. The predicted molar refractivity (Wildman–Crippen MR) is 122 cm³/mol. The molecule has 2 aliphatic heterocycles. The van der Waals surface area contributed by atoms with Crippen LogP contribution in [-0.2, 0) is 0 Å². The van der Waals surface area contributed by atoms with Crippen LogP contribution in [0.5, 0.6) is 0 Å². The van der Waals surface area contributed by atoms with Crippen LogP contribution in [0, 0.1) is 17.6 Å². The van der Waals surface area contributed by atoms with E-state index < -0.39 is 5.82 Å². The zero-order valence-corrected chi connectivity index (χ0v) is 18.4. The summed E-state index contributed by atoms with van der Waals surface area (Å²) in [6.07, 6.45) is 10.3. The molecule has 4 aromatic rings. The summed E-state index contributed by atoms with van der Waals surface area (Å²) in [5, 5.41) is 9.00. The highest BCUT2D eigenvalue weighted by atomic mass is 19.1. The van der Waals surface area contributed by atoms with Gasteiger partial charge in [-0.05, 0) is 49.4 Å². The summed E-state index contributed by atoms with van der Waals surface area (Å²) in [7, 11) is 0. The van der Waals surface area contributed by atoms with Crippen LogP contribution in [0.25, 0.3) is 11.3 Å². The van der Waals surface area contributed by atoms with Crippen molar-refractivity contribution in [3.05, 3.63) is 66.3 Å². The molecule has 170 valence electrons. The van der Waals surface area contributed by atoms with E-state index in [1.165, 1.54) is 18.6 Å². The summed E-state index contributed by atoms with van der Waals surface area (Å²) < 4.78 is 31.9. The Morgan fingerprint density at radius 2 is 1.94 bits per heavy atom. The van der Waals surface area contributed by atoms with Gasteiger partial charge in [-0.3, -0.25) is 0 Å². The minimum atomic E-state index is -0.429. The maximum Gasteiger partial charge on any atom is 0.183 e. The van der Waals surface area contributed by atoms with Crippen molar-refractivity contribution >= 4 is 17.2 Å². The van der Waals surface area contributed by atoms with Crippen molar-refractivity contribution < 1.29 is 8.78 Å². The van der Waals surface area contributed by atoms with Crippen LogP contribution < -0.4 is 9.80 Å². The van der Waals surface area contributed by atoms with E-state index in [0.717, 1.165) is 55.7 Å². The zero-order chi connectivity index (χ0) is 22.5. The van der Waals surface area contributed by atoms with Crippen molar-refractivity contribution in [2.45, 2.75) is 32.2 Å². The Morgan fingerprint density at radius 3 is 2.79 bits per heavy atom. The van der Waals surface area contributed by atoms with Gasteiger partial charge in [0.25, 0.3) is 0 Å². The highest BCUT2D eigenvalue weighted by molar-refractivity contribution is 5.62. The molecule has 2 atom stereocenters. The van der Waals surface area contributed by atoms with Crippen LogP contribution in [0.3, 0.4) is 0 Å². The van der Waals surface area contributed by atoms with Crippen LogP contribution in [0.2, 0.25) is 0 Å². The predicted octanol–water partition coefficient (Wildman–Crippen LogP) is 4.38. The molecule has 33 heavy (non-hydrogen) atoms. The second-order valence-electron chi connectivity index (χ2n) is 9.08. The third-order valence-corrected chi connectivity index (χ3v) is 6.80. The average Bonchev–Trinajstić information content (AvgIpc) is 3.60. The summed E-state index contributed by atoms with van der Waals surface area (Å²) >= 11 is 0. The van der Waals surface area contributed by atoms with Crippen molar-refractivity contribution in [2.75, 3.05) is 29.4 Å². The highest BCUT2D eigenvalue weighted by Gasteiger charge is 2.30. The Morgan fingerprint density at radius 1 is 1.03 bits per heavy atom. The first-order valence-electron chi connectivity index (χ1n) is 11.4. The number of nitrogens with zero attached hydrogens (tertiary/aromatic N) is 7. The lowest BCUT2D eigenvalue weighted by molar-refractivity contribution is 0.560. The topological polar surface area (TPSA) is 54.5 Å². The Bertz CT molecular complexity index is 1310. The summed E-state index contributed by atoms with van der Waals surface area (Å²) in [5.41, 5.74) is 2.92. The molecule has 0 aliphatic carbocycles. The van der Waals surface area contributed by atoms with Crippen LogP contribution in [-0.4, -0.2) is 44.0 Å². The lowest BCUT2D eigenvalue weighted by Gasteiger charge is -2.26. The normalized spacial score (nSPS) is 20.9. The SMILES string of the molecule is CC1CCN(c2cnn(-c3cnn4ccc(N5CCCC5c5cc(F)ccc5F)nc34)c2)C1. The van der Waals surface area contributed by atoms with Crippen LogP contribution >= 0.6 is 0 Å². The molecule has 0 saturated carbocycles. The lowest BCUT2D eigenvalue weighted by atomic mass is 10.0. The maximum absolute atomic E-state index is 14.5. The third kappa shape index (κ3) is 3.51. The van der Waals surface area contributed by atoms with E-state index in [4.69, 9.17) is 4.98 Å². The van der Waals surface area contributed by atoms with Crippen molar-refractivity contribution in [3.8, 4) is 5.69 Å². The van der Waals surface area contributed by atoms with Crippen molar-refractivity contribution in [1.82, 2.24) is 24.4 Å². The Hall–Kier alpha value is -3.49. The Labute approximate surface area is 190 Å². The number of halogens is 2. The molecule has 6 rings (SSSR count). The first-order valence-corrected chi connectivity index (χ1v) is 11.4. The molecule has 1 aromatic carbocycles. The number of rotatable bonds is 4. The average molecular weight is 450 g/mol. The van der Waals surface area contributed by atoms with E-state index in [1.807, 2.05) is 29.3 Å². The van der Waals surface area contributed by atoms with Gasteiger partial charge in [0.2, 0.25) is 0 Å². The largest absolute Gasteiger partial charge is 0.369 e. The van der Waals surface area contributed by atoms with Gasteiger partial charge in [0.1, 0.15) is 23.1 Å². The molecule has 2 unspecified atom stereocenters. The number of aromatic nitrogens is 5. The molecule has 2 aliphatic rings. The fourth-order valence-electron chi connectivity index (χ4n) is 5.08. The summed E-state index contributed by atoms with van der Waals surface area (Å²) in [4.78, 5) is 9.27. The van der Waals surface area contributed by atoms with Crippen LogP contribution in [0.15, 0.2) is 49.1 Å². The number of hydrogen-bond donors (Lipinski definition) is 0. The summed E-state index contributed by atoms with van der Waals surface area (Å²) in [6, 6.07) is 5.27. The van der Waals surface area contributed by atoms with E-state index in [1.54, 1.807) is 10.7 Å². The molecule has 9 heteroatoms. The molecule has 0 bridgehead atoms. The van der Waals surface area contributed by atoms with Crippen LogP contribution in [0.1, 0.15) is 37.8 Å². The highest BCUT2D eigenvalue weighted by Crippen LogP contribution is 2.37. The first kappa shape index (κ1) is 20.1. The standard InChI is InChI=1S/C24H25F2N7/c1-16-6-9-30(14-16)18-12-27-33(15-18)22-13-28-32-10-7-23(29-24(22)32)31-8-2-3-21(31)19-11-17(25)4-5-20(19)26/h4-5,7,10-13,15-16,21H,2-3,6,8-9,14H2,1H3. The maximum atomic E-state index is 14.5. The molecule has 5 heterocycles. The van der Waals surface area contributed by atoms with Gasteiger partial charge in [-0.25, -0.2) is 23.0 Å². The van der Waals surface area contributed by atoms with Gasteiger partial charge < -0.3 is 9.80 Å². The van der Waals surface area contributed by atoms with Gasteiger partial charge in [-0.15, -0.1) is 0 Å². The van der Waals surface area contributed by atoms with E-state index in [2.05, 4.69) is 26.9 Å². The Balaban J connectivity index is 1.35. The molecule has 7 nitrogen and oxygen atoms in total. The second-order valence-corrected chi connectivity index (χ2v) is 9.08. The van der Waals surface area contributed by atoms with Gasteiger partial charge >= 0.3 is 0 Å². The summed E-state index contributed by atoms with van der Waals surface area (Å²) in [5.74, 6) is 0.586. The molecular weight excluding hydrogens is 424 g/mol. The van der Waals surface area contributed by atoms with E-state index in [0.29, 0.717) is 17.1 Å². The van der Waals surface area contributed by atoms with E-state index >= 15 is 0 Å². The number of hydrogen-bond acceptors (Lipinski definition) is 5. The van der Waals surface area contributed by atoms with Gasteiger partial charge in [0.15, 0.2) is 5.65 Å². The van der Waals surface area contributed by atoms with E-state index in [9.17, 15) is 8.78 Å². The van der Waals surface area contributed by atoms with Gasteiger partial charge in [0.05, 0.1) is 30.3 Å². The number of benzene rings is 1. The molecule has 0 spiro atoms. The van der Waals surface area contributed by atoms with Gasteiger partial charge in [0, 0.05) is 31.4 Å². The first-order chi connectivity index (χ1) is 16.1. The molecule has 3 aromatic heterocycles. The van der Waals surface area contributed by atoms with Crippen LogP contribution in [0.4, 0.5) is 20.3 Å². The lowest BCUT2D eigenvalue weighted by Crippen LogP contribution is -2.24. The quantitative estimate of drug-likeness (QED) is 0.463. The molecule has 2 fully saturated rings. The fourth-order valence-corrected chi connectivity index (χ4v) is 5.08. The van der Waals surface area contributed by atoms with Crippen molar-refractivity contribution in [2.24, 2.45) is 5.92 Å². The number of fused-ring (bicyclic) bond motifs is 1. The minimum absolute atomic E-state index is 0.254. The zero-order valence-electron chi connectivity index (χ0n) is 18.4. The van der Waals surface area contributed by atoms with Gasteiger partial charge in [-0.1, -0.05) is 6.92 Å². The van der Waals surface area contributed by atoms with Crippen molar-refractivity contribution in [3.63, 3.8) is 0 Å². The smallest absolute Gasteiger partial charge is 0.183 e. The minimum Gasteiger partial charge on any atom is -0.369 e. The molecule has 0 radical (unpaired) electrons. The molecule has 0 amide bonds. The Kier molecular flexibility index (Phi) is 4.78. The summed E-state index contributed by atoms with van der Waals surface area (Å²) in [6.45, 7) is 5.07. The van der Waals surface area contributed by atoms with E-state index in [-0.39, 0.29) is 11.9 Å². The monoisotopic (exact) mass is 449 g/mol.